The number of nitrogens with zero attached hydrogens (tertiary/aromatic N) is 1. The van der Waals surface area contributed by atoms with Gasteiger partial charge in [-0.25, -0.2) is 4.98 Å². The van der Waals surface area contributed by atoms with Gasteiger partial charge in [0.2, 0.25) is 0 Å². The summed E-state index contributed by atoms with van der Waals surface area (Å²) in [6, 6.07) is 7.09. The predicted octanol–water partition coefficient (Wildman–Crippen LogP) is 2.40. The number of thiazole rings is 1. The molecule has 0 amide bonds. The highest BCUT2D eigenvalue weighted by Crippen LogP contribution is 2.19. The molecule has 49 valence electrons. The highest BCUT2D eigenvalue weighted by molar-refractivity contribution is 7.16. The van der Waals surface area contributed by atoms with Crippen LogP contribution in [0.15, 0.2) is 17.6 Å². The van der Waals surface area contributed by atoms with Crippen LogP contribution in [-0.2, 0) is 0 Å². The fourth-order valence-corrected chi connectivity index (χ4v) is 1.70. The quantitative estimate of drug-likeness (QED) is 0.559. The number of hydrogen-bond donors (Lipinski definition) is 0. The van der Waals surface area contributed by atoms with Crippen LogP contribution >= 0.6 is 11.3 Å². The van der Waals surface area contributed by atoms with Gasteiger partial charge in [0.1, 0.15) is 0 Å². The number of aromatic nitrogens is 1. The Bertz CT molecular complexity index is 351. The molecule has 0 saturated heterocycles. The highest BCUT2D eigenvalue weighted by atomic mass is 32.1. The second-order valence-corrected chi connectivity index (χ2v) is 3.05. The minimum absolute atomic E-state index is 1.09. The second-order valence-electron chi connectivity index (χ2n) is 2.17. The molecule has 0 fully saturated rings. The van der Waals surface area contributed by atoms with E-state index < -0.39 is 0 Å². The SMILES string of the molecule is Cc1[c]ccc2scnc12. The summed E-state index contributed by atoms with van der Waals surface area (Å²) in [7, 11) is 0. The summed E-state index contributed by atoms with van der Waals surface area (Å²) in [5.74, 6) is 0. The molecule has 2 heteroatoms. The van der Waals surface area contributed by atoms with Crippen molar-refractivity contribution in [2.24, 2.45) is 0 Å². The average molecular weight is 148 g/mol. The van der Waals surface area contributed by atoms with Crippen LogP contribution in [0.3, 0.4) is 0 Å². The fourth-order valence-electron chi connectivity index (χ4n) is 0.966. The topological polar surface area (TPSA) is 12.9 Å². The Morgan fingerprint density at radius 2 is 2.50 bits per heavy atom. The molecule has 0 spiro atoms. The third-order valence-electron chi connectivity index (χ3n) is 1.48. The zero-order chi connectivity index (χ0) is 6.97. The van der Waals surface area contributed by atoms with Crippen LogP contribution in [0.4, 0.5) is 0 Å². The van der Waals surface area contributed by atoms with Crippen LogP contribution in [-0.4, -0.2) is 4.98 Å². The first-order valence-electron chi connectivity index (χ1n) is 3.08. The number of rotatable bonds is 0. The van der Waals surface area contributed by atoms with E-state index in [4.69, 9.17) is 0 Å². The molecule has 2 aromatic rings. The van der Waals surface area contributed by atoms with E-state index in [-0.39, 0.29) is 0 Å². The molecule has 0 aliphatic carbocycles. The van der Waals surface area contributed by atoms with Crippen LogP contribution in [0.5, 0.6) is 0 Å². The van der Waals surface area contributed by atoms with E-state index in [0.29, 0.717) is 0 Å². The van der Waals surface area contributed by atoms with E-state index in [1.807, 2.05) is 24.6 Å². The Balaban J connectivity index is 2.95. The third-order valence-corrected chi connectivity index (χ3v) is 2.28. The van der Waals surface area contributed by atoms with Crippen LogP contribution in [0.2, 0.25) is 0 Å². The van der Waals surface area contributed by atoms with Crippen LogP contribution in [0.25, 0.3) is 10.2 Å². The van der Waals surface area contributed by atoms with Gasteiger partial charge < -0.3 is 0 Å². The molecular weight excluding hydrogens is 142 g/mol. The molecule has 0 aliphatic rings. The molecule has 1 radical (unpaired) electrons. The number of fused-ring (bicyclic) bond motifs is 1. The Hall–Kier alpha value is -0.890. The van der Waals surface area contributed by atoms with Gasteiger partial charge in [0.15, 0.2) is 0 Å². The minimum atomic E-state index is 1.09. The smallest absolute Gasteiger partial charge is 0.0847 e. The lowest BCUT2D eigenvalue weighted by Gasteiger charge is -1.89. The van der Waals surface area contributed by atoms with Gasteiger partial charge in [0.05, 0.1) is 15.7 Å². The summed E-state index contributed by atoms with van der Waals surface area (Å²) in [6.45, 7) is 2.03. The van der Waals surface area contributed by atoms with Crippen molar-refractivity contribution in [3.8, 4) is 0 Å². The Morgan fingerprint density at radius 1 is 1.60 bits per heavy atom. The molecule has 10 heavy (non-hydrogen) atoms. The summed E-state index contributed by atoms with van der Waals surface area (Å²) in [5.41, 5.74) is 4.09. The van der Waals surface area contributed by atoms with Crippen LogP contribution in [0, 0.1) is 13.0 Å². The Kier molecular flexibility index (Phi) is 1.21. The predicted molar refractivity (Wildman–Crippen MR) is 43.2 cm³/mol. The van der Waals surface area contributed by atoms with Crippen molar-refractivity contribution in [2.45, 2.75) is 6.92 Å². The number of benzene rings is 1. The second kappa shape index (κ2) is 2.06. The highest BCUT2D eigenvalue weighted by Gasteiger charge is 1.96. The molecule has 0 saturated carbocycles. The first-order chi connectivity index (χ1) is 4.88. The number of hydrogen-bond acceptors (Lipinski definition) is 2. The molecule has 1 nitrogen and oxygen atoms in total. The van der Waals surface area contributed by atoms with Crippen molar-refractivity contribution >= 4 is 21.6 Å². The lowest BCUT2D eigenvalue weighted by atomic mass is 10.2. The summed E-state index contributed by atoms with van der Waals surface area (Å²) in [5, 5.41) is 0. The standard InChI is InChI=1S/C8H6NS/c1-6-3-2-4-7-8(6)9-5-10-7/h2,4-5H,1H3. The maximum atomic E-state index is 4.21. The summed E-state index contributed by atoms with van der Waals surface area (Å²) in [4.78, 5) is 4.21. The van der Waals surface area contributed by atoms with Gasteiger partial charge in [0, 0.05) is 0 Å². The molecule has 0 bridgehead atoms. The van der Waals surface area contributed by atoms with Crippen molar-refractivity contribution in [3.05, 3.63) is 29.3 Å². The first kappa shape index (κ1) is 5.86. The van der Waals surface area contributed by atoms with E-state index in [2.05, 4.69) is 11.1 Å². The molecule has 0 N–H and O–H groups in total. The van der Waals surface area contributed by atoms with E-state index in [1.165, 1.54) is 4.70 Å². The Morgan fingerprint density at radius 3 is 3.30 bits per heavy atom. The zero-order valence-electron chi connectivity index (χ0n) is 5.59. The first-order valence-corrected chi connectivity index (χ1v) is 3.96. The van der Waals surface area contributed by atoms with Crippen molar-refractivity contribution in [3.63, 3.8) is 0 Å². The van der Waals surface area contributed by atoms with Gasteiger partial charge in [-0.05, 0) is 24.6 Å². The average Bonchev–Trinajstić information content (AvgIpc) is 2.36. The van der Waals surface area contributed by atoms with Gasteiger partial charge in [-0.3, -0.25) is 0 Å². The van der Waals surface area contributed by atoms with Crippen molar-refractivity contribution in [1.82, 2.24) is 4.98 Å². The Labute approximate surface area is 63.3 Å². The minimum Gasteiger partial charge on any atom is -0.244 e. The molecule has 1 heterocycles. The van der Waals surface area contributed by atoms with E-state index in [0.717, 1.165) is 11.1 Å². The maximum Gasteiger partial charge on any atom is 0.0847 e. The molecule has 2 rings (SSSR count). The molecule has 1 aromatic carbocycles. The van der Waals surface area contributed by atoms with Gasteiger partial charge in [-0.1, -0.05) is 6.07 Å². The number of aryl methyl sites for hydroxylation is 1. The summed E-state index contributed by atoms with van der Waals surface area (Å²) in [6.07, 6.45) is 0. The molecular formula is C8H6NS. The lowest BCUT2D eigenvalue weighted by Crippen LogP contribution is -1.73. The van der Waals surface area contributed by atoms with E-state index in [9.17, 15) is 0 Å². The van der Waals surface area contributed by atoms with E-state index in [1.54, 1.807) is 11.3 Å². The van der Waals surface area contributed by atoms with Crippen molar-refractivity contribution < 1.29 is 0 Å². The van der Waals surface area contributed by atoms with Crippen molar-refractivity contribution in [2.75, 3.05) is 0 Å². The van der Waals surface area contributed by atoms with Gasteiger partial charge >= 0.3 is 0 Å². The zero-order valence-corrected chi connectivity index (χ0v) is 6.40. The van der Waals surface area contributed by atoms with Crippen LogP contribution in [0.1, 0.15) is 5.56 Å². The lowest BCUT2D eigenvalue weighted by molar-refractivity contribution is 1.42. The fraction of sp³-hybridized carbons (Fsp3) is 0.125. The van der Waals surface area contributed by atoms with E-state index >= 15 is 0 Å². The monoisotopic (exact) mass is 148 g/mol. The normalized spacial score (nSPS) is 10.5. The van der Waals surface area contributed by atoms with Gasteiger partial charge in [0.25, 0.3) is 0 Å². The summed E-state index contributed by atoms with van der Waals surface area (Å²) < 4.78 is 1.25. The molecule has 0 unspecified atom stereocenters. The summed E-state index contributed by atoms with van der Waals surface area (Å²) >= 11 is 1.67. The van der Waals surface area contributed by atoms with Crippen molar-refractivity contribution in [1.29, 1.82) is 0 Å². The molecule has 0 atom stereocenters. The third kappa shape index (κ3) is 0.727. The van der Waals surface area contributed by atoms with Gasteiger partial charge in [-0.2, -0.15) is 0 Å². The molecule has 0 aliphatic heterocycles. The largest absolute Gasteiger partial charge is 0.244 e. The van der Waals surface area contributed by atoms with Crippen LogP contribution < -0.4 is 0 Å². The van der Waals surface area contributed by atoms with Gasteiger partial charge in [-0.15, -0.1) is 11.3 Å². The molecule has 1 aromatic heterocycles. The maximum absolute atomic E-state index is 4.21.